The Kier molecular flexibility index (Phi) is 4.20. The van der Waals surface area contributed by atoms with Crippen molar-refractivity contribution >= 4 is 17.5 Å². The lowest BCUT2D eigenvalue weighted by Gasteiger charge is -2.20. The van der Waals surface area contributed by atoms with Crippen molar-refractivity contribution in [2.24, 2.45) is 10.9 Å². The highest BCUT2D eigenvalue weighted by Gasteiger charge is 2.26. The van der Waals surface area contributed by atoms with Crippen molar-refractivity contribution in [2.75, 3.05) is 6.61 Å². The molecule has 1 heterocycles. The summed E-state index contributed by atoms with van der Waals surface area (Å²) < 4.78 is 5.62. The first-order valence-electron chi connectivity index (χ1n) is 6.73. The number of ether oxygens (including phenoxy) is 1. The number of benzene rings is 1. The minimum Gasteiger partial charge on any atom is -0.480 e. The fourth-order valence-electron chi connectivity index (χ4n) is 2.17. The van der Waals surface area contributed by atoms with E-state index >= 15 is 0 Å². The Hall–Kier alpha value is -1.84. The highest BCUT2D eigenvalue weighted by atomic mass is 16.5. The van der Waals surface area contributed by atoms with Crippen LogP contribution in [0.4, 0.5) is 5.69 Å². The lowest BCUT2D eigenvalue weighted by Crippen LogP contribution is -2.41. The van der Waals surface area contributed by atoms with E-state index in [0.717, 1.165) is 6.42 Å². The van der Waals surface area contributed by atoms with Gasteiger partial charge in [0.1, 0.15) is 6.04 Å². The van der Waals surface area contributed by atoms with Crippen molar-refractivity contribution in [1.82, 2.24) is 5.32 Å². The first-order chi connectivity index (χ1) is 9.11. The number of nitrogens with one attached hydrogen (secondary N) is 1. The standard InChI is InChI=1S/C15H20N2O2/c1-4-19-15-13(9-10(2)3)16-14(18)11-7-5-6-8-12(11)17-15/h5-8,10,13H,4,9H2,1-3H3,(H,16,18)/t13-/m0/s1. The van der Waals surface area contributed by atoms with Gasteiger partial charge in [-0.15, -0.1) is 0 Å². The second-order valence-corrected chi connectivity index (χ2v) is 5.06. The number of fused-ring (bicyclic) bond motifs is 1. The van der Waals surface area contributed by atoms with Crippen LogP contribution < -0.4 is 5.32 Å². The molecular formula is C15H20N2O2. The molecule has 0 spiro atoms. The molecule has 1 atom stereocenters. The van der Waals surface area contributed by atoms with Gasteiger partial charge in [0.2, 0.25) is 5.90 Å². The van der Waals surface area contributed by atoms with Crippen LogP contribution in [0.3, 0.4) is 0 Å². The number of para-hydroxylation sites is 1. The molecule has 1 N–H and O–H groups in total. The molecule has 1 aromatic carbocycles. The average molecular weight is 260 g/mol. The lowest BCUT2D eigenvalue weighted by molar-refractivity contribution is 0.0941. The Morgan fingerprint density at radius 1 is 1.37 bits per heavy atom. The summed E-state index contributed by atoms with van der Waals surface area (Å²) in [6.45, 7) is 6.71. The van der Waals surface area contributed by atoms with Crippen LogP contribution >= 0.6 is 0 Å². The largest absolute Gasteiger partial charge is 0.480 e. The van der Waals surface area contributed by atoms with Crippen LogP contribution in [0.1, 0.15) is 37.6 Å². The van der Waals surface area contributed by atoms with E-state index < -0.39 is 0 Å². The summed E-state index contributed by atoms with van der Waals surface area (Å²) in [4.78, 5) is 16.7. The first kappa shape index (κ1) is 13.6. The van der Waals surface area contributed by atoms with Crippen LogP contribution in [0, 0.1) is 5.92 Å². The van der Waals surface area contributed by atoms with Crippen molar-refractivity contribution in [3.05, 3.63) is 29.8 Å². The second-order valence-electron chi connectivity index (χ2n) is 5.06. The number of carbonyl (C=O) groups is 1. The fourth-order valence-corrected chi connectivity index (χ4v) is 2.17. The van der Waals surface area contributed by atoms with Gasteiger partial charge in [-0.3, -0.25) is 4.79 Å². The van der Waals surface area contributed by atoms with Crippen LogP contribution in [0.2, 0.25) is 0 Å². The third kappa shape index (κ3) is 3.13. The smallest absolute Gasteiger partial charge is 0.254 e. The zero-order valence-corrected chi connectivity index (χ0v) is 11.6. The van der Waals surface area contributed by atoms with Crippen molar-refractivity contribution in [3.8, 4) is 0 Å². The van der Waals surface area contributed by atoms with Gasteiger partial charge in [0.25, 0.3) is 5.91 Å². The Balaban J connectivity index is 2.38. The third-order valence-corrected chi connectivity index (χ3v) is 2.98. The van der Waals surface area contributed by atoms with Gasteiger partial charge in [0, 0.05) is 0 Å². The summed E-state index contributed by atoms with van der Waals surface area (Å²) in [5, 5.41) is 3.01. The molecule has 4 nitrogen and oxygen atoms in total. The molecule has 1 aliphatic heterocycles. The van der Waals surface area contributed by atoms with Gasteiger partial charge in [0.05, 0.1) is 17.9 Å². The van der Waals surface area contributed by atoms with E-state index in [4.69, 9.17) is 4.74 Å². The van der Waals surface area contributed by atoms with E-state index in [9.17, 15) is 4.79 Å². The number of nitrogens with zero attached hydrogens (tertiary/aromatic N) is 1. The predicted octanol–water partition coefficient (Wildman–Crippen LogP) is 2.91. The zero-order chi connectivity index (χ0) is 13.8. The van der Waals surface area contributed by atoms with Gasteiger partial charge in [0.15, 0.2) is 0 Å². The van der Waals surface area contributed by atoms with Crippen LogP contribution in [0.5, 0.6) is 0 Å². The molecule has 0 saturated carbocycles. The summed E-state index contributed by atoms with van der Waals surface area (Å²) in [6.07, 6.45) is 0.818. The van der Waals surface area contributed by atoms with E-state index in [1.54, 1.807) is 6.07 Å². The van der Waals surface area contributed by atoms with Crippen LogP contribution in [-0.4, -0.2) is 24.5 Å². The maximum atomic E-state index is 12.2. The monoisotopic (exact) mass is 260 g/mol. The van der Waals surface area contributed by atoms with Gasteiger partial charge in [-0.1, -0.05) is 26.0 Å². The Morgan fingerprint density at radius 2 is 2.11 bits per heavy atom. The maximum absolute atomic E-state index is 12.2. The molecule has 1 aromatic rings. The molecule has 1 amide bonds. The van der Waals surface area contributed by atoms with Crippen molar-refractivity contribution < 1.29 is 9.53 Å². The van der Waals surface area contributed by atoms with Crippen molar-refractivity contribution in [2.45, 2.75) is 33.2 Å². The minimum absolute atomic E-state index is 0.0836. The summed E-state index contributed by atoms with van der Waals surface area (Å²) in [5.74, 6) is 0.978. The van der Waals surface area contributed by atoms with E-state index in [1.807, 2.05) is 25.1 Å². The Morgan fingerprint density at radius 3 is 2.79 bits per heavy atom. The van der Waals surface area contributed by atoms with E-state index in [2.05, 4.69) is 24.2 Å². The second kappa shape index (κ2) is 5.87. The topological polar surface area (TPSA) is 50.7 Å². The van der Waals surface area contributed by atoms with Gasteiger partial charge in [-0.05, 0) is 31.4 Å². The van der Waals surface area contributed by atoms with E-state index in [1.165, 1.54) is 0 Å². The molecule has 0 bridgehead atoms. The molecular weight excluding hydrogens is 240 g/mol. The molecule has 4 heteroatoms. The summed E-state index contributed by atoms with van der Waals surface area (Å²) in [5.41, 5.74) is 1.28. The van der Waals surface area contributed by atoms with Crippen LogP contribution in [0.25, 0.3) is 0 Å². The first-order valence-corrected chi connectivity index (χ1v) is 6.73. The molecule has 1 aliphatic rings. The molecule has 19 heavy (non-hydrogen) atoms. The van der Waals surface area contributed by atoms with E-state index in [-0.39, 0.29) is 11.9 Å². The average Bonchev–Trinajstić information content (AvgIpc) is 2.48. The Labute approximate surface area is 113 Å². The molecule has 2 rings (SSSR count). The molecule has 0 saturated heterocycles. The summed E-state index contributed by atoms with van der Waals surface area (Å²) in [7, 11) is 0. The summed E-state index contributed by atoms with van der Waals surface area (Å²) >= 11 is 0. The number of hydrogen-bond donors (Lipinski definition) is 1. The van der Waals surface area contributed by atoms with Crippen molar-refractivity contribution in [3.63, 3.8) is 0 Å². The third-order valence-electron chi connectivity index (χ3n) is 2.98. The number of aliphatic imine (C=N–C) groups is 1. The van der Waals surface area contributed by atoms with Crippen LogP contribution in [-0.2, 0) is 4.74 Å². The molecule has 102 valence electrons. The number of rotatable bonds is 3. The SMILES string of the molecule is CCOC1=Nc2ccccc2C(=O)N[C@H]1CC(C)C. The molecule has 0 radical (unpaired) electrons. The number of amides is 1. The number of hydrogen-bond acceptors (Lipinski definition) is 3. The van der Waals surface area contributed by atoms with Crippen molar-refractivity contribution in [1.29, 1.82) is 0 Å². The molecule has 0 fully saturated rings. The summed E-state index contributed by atoms with van der Waals surface area (Å²) in [6, 6.07) is 7.19. The zero-order valence-electron chi connectivity index (χ0n) is 11.6. The highest BCUT2D eigenvalue weighted by Crippen LogP contribution is 2.23. The molecule has 0 aliphatic carbocycles. The normalized spacial score (nSPS) is 18.4. The van der Waals surface area contributed by atoms with Gasteiger partial charge in [-0.25, -0.2) is 4.99 Å². The van der Waals surface area contributed by atoms with Gasteiger partial charge in [-0.2, -0.15) is 0 Å². The van der Waals surface area contributed by atoms with Gasteiger partial charge < -0.3 is 10.1 Å². The highest BCUT2D eigenvalue weighted by molar-refractivity contribution is 6.04. The lowest BCUT2D eigenvalue weighted by atomic mass is 10.0. The quantitative estimate of drug-likeness (QED) is 0.908. The van der Waals surface area contributed by atoms with E-state index in [0.29, 0.717) is 29.7 Å². The molecule has 0 aromatic heterocycles. The minimum atomic E-state index is -0.153. The maximum Gasteiger partial charge on any atom is 0.254 e. The van der Waals surface area contributed by atoms with Gasteiger partial charge >= 0.3 is 0 Å². The van der Waals surface area contributed by atoms with Crippen LogP contribution in [0.15, 0.2) is 29.3 Å². The fraction of sp³-hybridized carbons (Fsp3) is 0.467. The number of carbonyl (C=O) groups excluding carboxylic acids is 1. The Bertz CT molecular complexity index is 495. The molecule has 0 unspecified atom stereocenters. The predicted molar refractivity (Wildman–Crippen MR) is 75.9 cm³/mol.